The molecule has 0 unspecified atom stereocenters. The highest BCUT2D eigenvalue weighted by Gasteiger charge is 2.37. The first-order valence-electron chi connectivity index (χ1n) is 11.6. The molecule has 0 spiro atoms. The summed E-state index contributed by atoms with van der Waals surface area (Å²) >= 11 is 6.37. The van der Waals surface area contributed by atoms with E-state index >= 15 is 0 Å². The first-order valence-corrected chi connectivity index (χ1v) is 13.4. The summed E-state index contributed by atoms with van der Waals surface area (Å²) in [6.07, 6.45) is 1.15. The number of carbonyl (C=O) groups is 4. The number of rotatable bonds is 8. The molecule has 0 bridgehead atoms. The number of aryl methyl sites for hydroxylation is 1. The monoisotopic (exact) mass is 584 g/mol. The molecule has 2 N–H and O–H groups in total. The van der Waals surface area contributed by atoms with Crippen LogP contribution in [0, 0.1) is 6.92 Å². The first kappa shape index (κ1) is 28.3. The number of anilines is 1. The highest BCUT2D eigenvalue weighted by molar-refractivity contribution is 7.87. The molecule has 0 atom stereocenters. The van der Waals surface area contributed by atoms with Gasteiger partial charge in [0.1, 0.15) is 10.5 Å². The van der Waals surface area contributed by atoms with Crippen LogP contribution >= 0.6 is 11.6 Å². The van der Waals surface area contributed by atoms with Gasteiger partial charge in [0.2, 0.25) is 5.75 Å². The van der Waals surface area contributed by atoms with E-state index in [0.29, 0.717) is 4.90 Å². The minimum atomic E-state index is -4.28. The molecule has 206 valence electrons. The third-order valence-electron chi connectivity index (χ3n) is 5.62. The van der Waals surface area contributed by atoms with E-state index in [2.05, 4.69) is 5.32 Å². The molecule has 0 aliphatic carbocycles. The average Bonchev–Trinajstić information content (AvgIpc) is 2.89. The Morgan fingerprint density at radius 1 is 1.05 bits per heavy atom. The molecule has 0 radical (unpaired) electrons. The van der Waals surface area contributed by atoms with Gasteiger partial charge in [0, 0.05) is 0 Å². The number of carboxylic acid groups (broad SMARTS) is 1. The molecule has 3 aromatic rings. The molecule has 1 aliphatic heterocycles. The Labute approximate surface area is 233 Å². The van der Waals surface area contributed by atoms with Crippen LogP contribution in [0.4, 0.5) is 10.5 Å². The number of barbiturate groups is 1. The average molecular weight is 585 g/mol. The van der Waals surface area contributed by atoms with Crippen LogP contribution in [0.2, 0.25) is 5.02 Å². The Kier molecular flexibility index (Phi) is 7.93. The lowest BCUT2D eigenvalue weighted by Crippen LogP contribution is -2.54. The van der Waals surface area contributed by atoms with Gasteiger partial charge < -0.3 is 14.0 Å². The molecular weight excluding hydrogens is 564 g/mol. The van der Waals surface area contributed by atoms with Gasteiger partial charge in [-0.05, 0) is 74.0 Å². The van der Waals surface area contributed by atoms with Crippen molar-refractivity contribution in [2.24, 2.45) is 0 Å². The van der Waals surface area contributed by atoms with E-state index in [1.54, 1.807) is 26.0 Å². The first-order chi connectivity index (χ1) is 18.9. The lowest BCUT2D eigenvalue weighted by atomic mass is 10.1. The SMILES string of the molecule is CCOc1cc(/C=C2\C(=O)NC(=O)N(c3ccc(C(=O)O)cc3)C2=O)cc(Cl)c1OS(=O)(=O)c1ccc(C)cc1. The number of benzene rings is 3. The minimum absolute atomic E-state index is 0.0315. The summed E-state index contributed by atoms with van der Waals surface area (Å²) in [6.45, 7) is 3.55. The Morgan fingerprint density at radius 2 is 1.70 bits per heavy atom. The van der Waals surface area contributed by atoms with Crippen LogP contribution < -0.4 is 19.1 Å². The zero-order valence-electron chi connectivity index (χ0n) is 21.0. The fourth-order valence-corrected chi connectivity index (χ4v) is 4.95. The number of nitrogens with zero attached hydrogens (tertiary/aromatic N) is 1. The normalized spacial score (nSPS) is 14.7. The summed E-state index contributed by atoms with van der Waals surface area (Å²) < 4.78 is 36.5. The number of halogens is 1. The smallest absolute Gasteiger partial charge is 0.339 e. The number of ether oxygens (including phenoxy) is 1. The Balaban J connectivity index is 1.70. The number of amides is 4. The lowest BCUT2D eigenvalue weighted by molar-refractivity contribution is -0.122. The summed E-state index contributed by atoms with van der Waals surface area (Å²) in [5, 5.41) is 11.0. The van der Waals surface area contributed by atoms with Crippen LogP contribution in [-0.2, 0) is 19.7 Å². The van der Waals surface area contributed by atoms with E-state index in [1.165, 1.54) is 48.5 Å². The van der Waals surface area contributed by atoms with Gasteiger partial charge in [0.25, 0.3) is 11.8 Å². The number of carbonyl (C=O) groups excluding carboxylic acids is 3. The third kappa shape index (κ3) is 5.82. The maximum atomic E-state index is 13.2. The molecule has 1 saturated heterocycles. The molecule has 4 rings (SSSR count). The number of aromatic carboxylic acids is 1. The van der Waals surface area contributed by atoms with Crippen LogP contribution in [0.3, 0.4) is 0 Å². The van der Waals surface area contributed by atoms with Gasteiger partial charge in [-0.3, -0.25) is 14.9 Å². The fourth-order valence-electron chi connectivity index (χ4n) is 3.69. The summed E-state index contributed by atoms with van der Waals surface area (Å²) in [5.74, 6) is -3.52. The molecule has 3 aromatic carbocycles. The maximum Gasteiger partial charge on any atom is 0.339 e. The predicted octanol–water partition coefficient (Wildman–Crippen LogP) is 4.18. The zero-order valence-corrected chi connectivity index (χ0v) is 22.6. The molecule has 4 amide bonds. The topological polar surface area (TPSA) is 156 Å². The van der Waals surface area contributed by atoms with Crippen LogP contribution in [0.15, 0.2) is 71.1 Å². The van der Waals surface area contributed by atoms with Gasteiger partial charge in [0.05, 0.1) is 22.9 Å². The van der Waals surface area contributed by atoms with Gasteiger partial charge in [-0.25, -0.2) is 14.5 Å². The van der Waals surface area contributed by atoms with E-state index in [9.17, 15) is 27.6 Å². The number of carboxylic acids is 1. The van der Waals surface area contributed by atoms with Gasteiger partial charge in [-0.1, -0.05) is 29.3 Å². The number of hydrogen-bond acceptors (Lipinski definition) is 8. The molecule has 0 aromatic heterocycles. The standard InChI is InChI=1S/C27H21ClN2O9S/c1-3-38-22-14-16(13-21(28)23(22)39-40(36,37)19-10-4-15(2)5-11-19)12-20-24(31)29-27(35)30(25(20)32)18-8-6-17(7-9-18)26(33)34/h4-14H,3H2,1-2H3,(H,33,34)(H,29,31,35)/b20-12+. The van der Waals surface area contributed by atoms with Gasteiger partial charge in [-0.15, -0.1) is 0 Å². The molecule has 40 heavy (non-hydrogen) atoms. The number of hydrogen-bond donors (Lipinski definition) is 2. The summed E-state index contributed by atoms with van der Waals surface area (Å²) in [4.78, 5) is 49.9. The maximum absolute atomic E-state index is 13.2. The number of nitrogens with one attached hydrogen (secondary N) is 1. The molecule has 1 heterocycles. The Bertz CT molecular complexity index is 1670. The molecular formula is C27H21ClN2O9S. The molecule has 1 aliphatic rings. The largest absolute Gasteiger partial charge is 0.490 e. The fraction of sp³-hybridized carbons (Fsp3) is 0.111. The summed E-state index contributed by atoms with van der Waals surface area (Å²) in [5.41, 5.74) is 0.543. The minimum Gasteiger partial charge on any atom is -0.490 e. The highest BCUT2D eigenvalue weighted by Crippen LogP contribution is 2.39. The van der Waals surface area contributed by atoms with Crippen molar-refractivity contribution >= 4 is 57.3 Å². The van der Waals surface area contributed by atoms with Gasteiger partial charge >= 0.3 is 22.1 Å². The lowest BCUT2D eigenvalue weighted by Gasteiger charge is -2.26. The predicted molar refractivity (Wildman–Crippen MR) is 144 cm³/mol. The van der Waals surface area contributed by atoms with Crippen molar-refractivity contribution in [1.82, 2.24) is 5.32 Å². The van der Waals surface area contributed by atoms with Crippen LogP contribution in [0.1, 0.15) is 28.4 Å². The van der Waals surface area contributed by atoms with E-state index in [1.807, 2.05) is 0 Å². The third-order valence-corrected chi connectivity index (χ3v) is 7.14. The van der Waals surface area contributed by atoms with Crippen LogP contribution in [0.5, 0.6) is 11.5 Å². The zero-order chi connectivity index (χ0) is 29.2. The van der Waals surface area contributed by atoms with E-state index in [0.717, 1.165) is 11.6 Å². The Hall–Kier alpha value is -4.68. The van der Waals surface area contributed by atoms with E-state index < -0.39 is 39.5 Å². The van der Waals surface area contributed by atoms with Crippen molar-refractivity contribution in [2.45, 2.75) is 18.7 Å². The number of imide groups is 2. The van der Waals surface area contributed by atoms with Crippen molar-refractivity contribution in [3.8, 4) is 11.5 Å². The molecule has 13 heteroatoms. The number of urea groups is 1. The van der Waals surface area contributed by atoms with Crippen molar-refractivity contribution in [3.05, 3.63) is 87.9 Å². The second-order valence-corrected chi connectivity index (χ2v) is 10.4. The van der Waals surface area contributed by atoms with Crippen molar-refractivity contribution in [1.29, 1.82) is 0 Å². The molecule has 0 saturated carbocycles. The molecule has 11 nitrogen and oxygen atoms in total. The van der Waals surface area contributed by atoms with Crippen LogP contribution in [0.25, 0.3) is 6.08 Å². The van der Waals surface area contributed by atoms with Crippen molar-refractivity contribution in [3.63, 3.8) is 0 Å². The van der Waals surface area contributed by atoms with E-state index in [-0.39, 0.29) is 44.8 Å². The summed E-state index contributed by atoms with van der Waals surface area (Å²) in [6, 6.07) is 12.5. The quantitative estimate of drug-likeness (QED) is 0.225. The Morgan fingerprint density at radius 3 is 2.30 bits per heavy atom. The van der Waals surface area contributed by atoms with E-state index in [4.69, 9.17) is 25.6 Å². The summed E-state index contributed by atoms with van der Waals surface area (Å²) in [7, 11) is -4.28. The second-order valence-electron chi connectivity index (χ2n) is 8.42. The van der Waals surface area contributed by atoms with Gasteiger partial charge in [-0.2, -0.15) is 8.42 Å². The highest BCUT2D eigenvalue weighted by atomic mass is 35.5. The second kappa shape index (κ2) is 11.2. The van der Waals surface area contributed by atoms with Crippen molar-refractivity contribution in [2.75, 3.05) is 11.5 Å². The molecule has 1 fully saturated rings. The van der Waals surface area contributed by atoms with Crippen LogP contribution in [-0.4, -0.2) is 43.9 Å². The van der Waals surface area contributed by atoms with Crippen molar-refractivity contribution < 1.29 is 41.6 Å². The van der Waals surface area contributed by atoms with Gasteiger partial charge in [0.15, 0.2) is 5.75 Å².